The molecule has 2 bridgehead atoms. The smallest absolute Gasteiger partial charge is 0.310 e. The van der Waals surface area contributed by atoms with Crippen LogP contribution >= 0.6 is 27.7 Å². The van der Waals surface area contributed by atoms with Crippen molar-refractivity contribution in [1.29, 1.82) is 0 Å². The number of esters is 1. The summed E-state index contributed by atoms with van der Waals surface area (Å²) in [4.78, 5) is 44.3. The number of amides is 2. The van der Waals surface area contributed by atoms with Crippen LogP contribution in [0.4, 0.5) is 0 Å². The second-order valence-corrected chi connectivity index (χ2v) is 12.2. The van der Waals surface area contributed by atoms with Crippen molar-refractivity contribution in [3.05, 3.63) is 12.7 Å². The first-order valence-corrected chi connectivity index (χ1v) is 13.2. The summed E-state index contributed by atoms with van der Waals surface area (Å²) in [5.41, 5.74) is 0. The van der Waals surface area contributed by atoms with Crippen LogP contribution in [0.15, 0.2) is 12.7 Å². The molecular weight excluding hydrogens is 496 g/mol. The van der Waals surface area contributed by atoms with Gasteiger partial charge in [0.1, 0.15) is 6.04 Å². The van der Waals surface area contributed by atoms with Crippen molar-refractivity contribution in [3.8, 4) is 0 Å². The molecule has 0 saturated carbocycles. The molecule has 3 aliphatic heterocycles. The number of likely N-dealkylation sites (tertiary alicyclic amines) is 1. The van der Waals surface area contributed by atoms with Crippen LogP contribution in [0.2, 0.25) is 0 Å². The summed E-state index contributed by atoms with van der Waals surface area (Å²) in [6.07, 6.45) is 2.30. The number of aliphatic hydroxyl groups excluding tert-OH is 1. The SMILES string of the molecule is C=CCN(C(=O)C1N([C@@H](CO)C(C)C)C(=O)[C@@H]2[C@H](C(=O)OCC)[C@H]3SC12CC3Br)C(C)C. The minimum absolute atomic E-state index is 0.000244. The van der Waals surface area contributed by atoms with Gasteiger partial charge in [0.25, 0.3) is 0 Å². The number of rotatable bonds is 9. The molecule has 3 fully saturated rings. The van der Waals surface area contributed by atoms with Crippen molar-refractivity contribution in [3.63, 3.8) is 0 Å². The zero-order chi connectivity index (χ0) is 24.0. The third kappa shape index (κ3) is 3.82. The van der Waals surface area contributed by atoms with Crippen LogP contribution in [-0.4, -0.2) is 85.4 Å². The molecule has 0 aromatic rings. The fraction of sp³-hybridized carbons (Fsp3) is 0.783. The monoisotopic (exact) mass is 530 g/mol. The van der Waals surface area contributed by atoms with Crippen LogP contribution in [0.3, 0.4) is 0 Å². The third-order valence-corrected chi connectivity index (χ3v) is 10.3. The van der Waals surface area contributed by atoms with E-state index in [0.29, 0.717) is 13.0 Å². The molecule has 7 atom stereocenters. The van der Waals surface area contributed by atoms with Crippen molar-refractivity contribution >= 4 is 45.5 Å². The fourth-order valence-corrected chi connectivity index (χ4v) is 9.26. The van der Waals surface area contributed by atoms with E-state index in [1.165, 1.54) is 0 Å². The highest BCUT2D eigenvalue weighted by Crippen LogP contribution is 2.68. The van der Waals surface area contributed by atoms with Crippen molar-refractivity contribution in [1.82, 2.24) is 9.80 Å². The number of aliphatic hydroxyl groups is 1. The first kappa shape index (κ1) is 25.6. The van der Waals surface area contributed by atoms with Gasteiger partial charge in [0.15, 0.2) is 0 Å². The quantitative estimate of drug-likeness (QED) is 0.280. The van der Waals surface area contributed by atoms with Gasteiger partial charge >= 0.3 is 5.97 Å². The maximum Gasteiger partial charge on any atom is 0.310 e. The highest BCUT2D eigenvalue weighted by Gasteiger charge is 2.76. The summed E-state index contributed by atoms with van der Waals surface area (Å²) in [5.74, 6) is -2.03. The number of alkyl halides is 1. The van der Waals surface area contributed by atoms with E-state index in [4.69, 9.17) is 4.74 Å². The van der Waals surface area contributed by atoms with Crippen LogP contribution in [0, 0.1) is 17.8 Å². The average Bonchev–Trinajstić information content (AvgIpc) is 3.30. The molecule has 0 aromatic heterocycles. The first-order valence-electron chi connectivity index (χ1n) is 11.4. The summed E-state index contributed by atoms with van der Waals surface area (Å²) in [6.45, 7) is 13.7. The Kier molecular flexibility index (Phi) is 7.72. The number of nitrogens with zero attached hydrogens (tertiary/aromatic N) is 2. The van der Waals surface area contributed by atoms with Crippen LogP contribution in [-0.2, 0) is 19.1 Å². The maximum absolute atomic E-state index is 14.1. The molecule has 9 heteroatoms. The van der Waals surface area contributed by atoms with E-state index in [-0.39, 0.29) is 53.0 Å². The van der Waals surface area contributed by atoms with Gasteiger partial charge in [0.2, 0.25) is 11.8 Å². The van der Waals surface area contributed by atoms with Gasteiger partial charge in [0, 0.05) is 22.7 Å². The van der Waals surface area contributed by atoms with Gasteiger partial charge < -0.3 is 19.6 Å². The highest BCUT2D eigenvalue weighted by molar-refractivity contribution is 9.09. The van der Waals surface area contributed by atoms with E-state index in [2.05, 4.69) is 22.5 Å². The molecule has 3 saturated heterocycles. The van der Waals surface area contributed by atoms with Gasteiger partial charge in [-0.25, -0.2) is 0 Å². The van der Waals surface area contributed by atoms with Gasteiger partial charge in [-0.15, -0.1) is 18.3 Å². The van der Waals surface area contributed by atoms with Crippen molar-refractivity contribution in [2.45, 2.75) is 74.0 Å². The molecule has 3 unspecified atom stereocenters. The summed E-state index contributed by atoms with van der Waals surface area (Å²) < 4.78 is 4.63. The van der Waals surface area contributed by atoms with Gasteiger partial charge in [-0.2, -0.15) is 0 Å². The topological polar surface area (TPSA) is 87.2 Å². The highest BCUT2D eigenvalue weighted by atomic mass is 79.9. The minimum Gasteiger partial charge on any atom is -0.466 e. The molecule has 0 aromatic carbocycles. The van der Waals surface area contributed by atoms with Gasteiger partial charge in [-0.3, -0.25) is 14.4 Å². The lowest BCUT2D eigenvalue weighted by atomic mass is 9.71. The molecule has 1 N–H and O–H groups in total. The number of carbonyl (C=O) groups excluding carboxylic acids is 3. The molecule has 7 nitrogen and oxygen atoms in total. The number of fused-ring (bicyclic) bond motifs is 1. The van der Waals surface area contributed by atoms with Crippen molar-refractivity contribution in [2.24, 2.45) is 17.8 Å². The number of ether oxygens (including phenoxy) is 1. The number of carbonyl (C=O) groups is 3. The van der Waals surface area contributed by atoms with Crippen LogP contribution in [0.5, 0.6) is 0 Å². The molecule has 3 heterocycles. The Bertz CT molecular complexity index is 777. The van der Waals surface area contributed by atoms with Crippen molar-refractivity contribution < 1.29 is 24.2 Å². The van der Waals surface area contributed by atoms with Gasteiger partial charge in [-0.05, 0) is 33.1 Å². The second kappa shape index (κ2) is 9.66. The number of halogens is 1. The first-order chi connectivity index (χ1) is 15.1. The Balaban J connectivity index is 2.15. The second-order valence-electron chi connectivity index (χ2n) is 9.53. The lowest BCUT2D eigenvalue weighted by Gasteiger charge is -2.41. The Morgan fingerprint density at radius 3 is 2.56 bits per heavy atom. The molecule has 0 aliphatic carbocycles. The minimum atomic E-state index is -0.753. The van der Waals surface area contributed by atoms with Gasteiger partial charge in [0.05, 0.1) is 35.8 Å². The Morgan fingerprint density at radius 2 is 2.06 bits per heavy atom. The zero-order valence-electron chi connectivity index (χ0n) is 19.5. The summed E-state index contributed by atoms with van der Waals surface area (Å²) >= 11 is 5.32. The van der Waals surface area contributed by atoms with E-state index in [0.717, 1.165) is 0 Å². The van der Waals surface area contributed by atoms with E-state index in [1.54, 1.807) is 34.6 Å². The standard InChI is InChI=1S/C23H35BrN2O5S/c1-7-9-25(13(5)6)21(29)19-23-10-14(24)18(32-23)16(22(30)31-8-2)17(23)20(28)26(19)15(11-27)12(3)4/h7,12-19,27H,1,8-11H2,2-6H3/t14?,15-,16-,17-,18-,19?,23?/m0/s1. The predicted molar refractivity (Wildman–Crippen MR) is 128 cm³/mol. The molecule has 3 rings (SSSR count). The summed E-state index contributed by atoms with van der Waals surface area (Å²) in [5, 5.41) is 10.1. The van der Waals surface area contributed by atoms with Crippen molar-refractivity contribution in [2.75, 3.05) is 19.8 Å². The van der Waals surface area contributed by atoms with Crippen LogP contribution in [0.25, 0.3) is 0 Å². The third-order valence-electron chi connectivity index (χ3n) is 7.07. The average molecular weight is 532 g/mol. The van der Waals surface area contributed by atoms with Crippen LogP contribution < -0.4 is 0 Å². The van der Waals surface area contributed by atoms with E-state index < -0.39 is 28.7 Å². The lowest BCUT2D eigenvalue weighted by Crippen LogP contribution is -2.59. The molecule has 0 radical (unpaired) electrons. The maximum atomic E-state index is 14.1. The van der Waals surface area contributed by atoms with Gasteiger partial charge in [-0.1, -0.05) is 35.9 Å². The number of thioether (sulfide) groups is 1. The molecule has 3 aliphatic rings. The summed E-state index contributed by atoms with van der Waals surface area (Å²) in [6, 6.07) is -1.34. The predicted octanol–water partition coefficient (Wildman–Crippen LogP) is 2.45. The molecule has 2 amide bonds. The number of hydrogen-bond donors (Lipinski definition) is 1. The Labute approximate surface area is 203 Å². The Hall–Kier alpha value is -1.06. The molecule has 180 valence electrons. The van der Waals surface area contributed by atoms with E-state index in [1.807, 2.05) is 27.7 Å². The normalized spacial score (nSPS) is 34.2. The summed E-state index contributed by atoms with van der Waals surface area (Å²) in [7, 11) is 0. The Morgan fingerprint density at radius 1 is 1.41 bits per heavy atom. The fourth-order valence-electron chi connectivity index (χ4n) is 5.68. The van der Waals surface area contributed by atoms with Crippen LogP contribution in [0.1, 0.15) is 41.0 Å². The number of hydrogen-bond acceptors (Lipinski definition) is 6. The zero-order valence-corrected chi connectivity index (χ0v) is 21.9. The lowest BCUT2D eigenvalue weighted by molar-refractivity contribution is -0.154. The largest absolute Gasteiger partial charge is 0.466 e. The molecule has 32 heavy (non-hydrogen) atoms. The molecular formula is C23H35BrN2O5S. The van der Waals surface area contributed by atoms with E-state index in [9.17, 15) is 19.5 Å². The van der Waals surface area contributed by atoms with E-state index >= 15 is 0 Å². The molecule has 1 spiro atoms.